The Morgan fingerprint density at radius 1 is 1.26 bits per heavy atom. The Balaban J connectivity index is 1.33. The van der Waals surface area contributed by atoms with Crippen LogP contribution in [0.3, 0.4) is 0 Å². The molecule has 0 bridgehead atoms. The molecule has 2 fully saturated rings. The van der Waals surface area contributed by atoms with Crippen LogP contribution >= 0.6 is 0 Å². The van der Waals surface area contributed by atoms with Crippen molar-refractivity contribution in [3.05, 3.63) is 35.6 Å². The monoisotopic (exact) mass is 377 g/mol. The average molecular weight is 377 g/mol. The highest BCUT2D eigenvalue weighted by atomic mass is 19.3. The molecular weight excluding hydrogens is 348 g/mol. The first-order valence-electron chi connectivity index (χ1n) is 10.2. The van der Waals surface area contributed by atoms with Crippen LogP contribution in [0, 0.1) is 29.6 Å². The SMILES string of the molecule is COC1=CC2NC(=O)C(C(F)(F)CCCC[C@H]3C(C)CC4CC43)=CC2C=C1. The predicted octanol–water partition coefficient (Wildman–Crippen LogP) is 4.62. The van der Waals surface area contributed by atoms with E-state index in [1.165, 1.54) is 18.9 Å². The maximum absolute atomic E-state index is 14.7. The first-order valence-corrected chi connectivity index (χ1v) is 10.2. The highest BCUT2D eigenvalue weighted by molar-refractivity contribution is 5.96. The van der Waals surface area contributed by atoms with Crippen LogP contribution < -0.4 is 5.32 Å². The van der Waals surface area contributed by atoms with E-state index in [0.29, 0.717) is 12.2 Å². The lowest BCUT2D eigenvalue weighted by molar-refractivity contribution is -0.122. The van der Waals surface area contributed by atoms with Gasteiger partial charge in [-0.05, 0) is 61.5 Å². The number of allylic oxidation sites excluding steroid dienone is 1. The van der Waals surface area contributed by atoms with E-state index in [-0.39, 0.29) is 24.0 Å². The molecule has 3 nitrogen and oxygen atoms in total. The third kappa shape index (κ3) is 3.70. The van der Waals surface area contributed by atoms with Crippen molar-refractivity contribution in [3.63, 3.8) is 0 Å². The van der Waals surface area contributed by atoms with E-state index >= 15 is 0 Å². The normalized spacial score (nSPS) is 37.1. The zero-order valence-electron chi connectivity index (χ0n) is 16.1. The van der Waals surface area contributed by atoms with Crippen LogP contribution in [0.4, 0.5) is 8.78 Å². The molecule has 0 saturated heterocycles. The number of carbonyl (C=O) groups excluding carboxylic acids is 1. The van der Waals surface area contributed by atoms with Gasteiger partial charge in [-0.25, -0.2) is 8.78 Å². The van der Waals surface area contributed by atoms with Crippen molar-refractivity contribution in [2.75, 3.05) is 7.11 Å². The predicted molar refractivity (Wildman–Crippen MR) is 100 cm³/mol. The highest BCUT2D eigenvalue weighted by Crippen LogP contribution is 2.59. The Morgan fingerprint density at radius 3 is 2.78 bits per heavy atom. The molecule has 1 N–H and O–H groups in total. The lowest BCUT2D eigenvalue weighted by atomic mass is 9.85. The average Bonchev–Trinajstić information content (AvgIpc) is 3.31. The van der Waals surface area contributed by atoms with E-state index in [1.807, 2.05) is 6.08 Å². The van der Waals surface area contributed by atoms with E-state index < -0.39 is 11.8 Å². The fraction of sp³-hybridized carbons (Fsp3) is 0.682. The largest absolute Gasteiger partial charge is 0.497 e. The molecule has 4 rings (SSSR count). The number of alkyl halides is 2. The van der Waals surface area contributed by atoms with Gasteiger partial charge in [0.15, 0.2) is 0 Å². The van der Waals surface area contributed by atoms with Crippen molar-refractivity contribution in [3.8, 4) is 0 Å². The minimum absolute atomic E-state index is 0.242. The fourth-order valence-electron chi connectivity index (χ4n) is 5.39. The highest BCUT2D eigenvalue weighted by Gasteiger charge is 2.51. The van der Waals surface area contributed by atoms with Crippen molar-refractivity contribution >= 4 is 5.91 Å². The third-order valence-electron chi connectivity index (χ3n) is 6.98. The molecule has 0 aromatic rings. The number of ether oxygens (including phenoxy) is 1. The van der Waals surface area contributed by atoms with Crippen LogP contribution in [0.2, 0.25) is 0 Å². The Labute approximate surface area is 159 Å². The van der Waals surface area contributed by atoms with E-state index in [4.69, 9.17) is 4.74 Å². The summed E-state index contributed by atoms with van der Waals surface area (Å²) in [7, 11) is 1.55. The van der Waals surface area contributed by atoms with E-state index in [1.54, 1.807) is 19.3 Å². The number of carbonyl (C=O) groups is 1. The molecule has 5 unspecified atom stereocenters. The Bertz CT molecular complexity index is 694. The van der Waals surface area contributed by atoms with E-state index in [9.17, 15) is 13.6 Å². The quantitative estimate of drug-likeness (QED) is 0.658. The fourth-order valence-corrected chi connectivity index (χ4v) is 5.39. The zero-order chi connectivity index (χ0) is 19.2. The minimum Gasteiger partial charge on any atom is -0.497 e. The molecule has 3 aliphatic carbocycles. The van der Waals surface area contributed by atoms with Crippen LogP contribution in [0.1, 0.15) is 45.4 Å². The van der Waals surface area contributed by atoms with Gasteiger partial charge in [0, 0.05) is 12.3 Å². The van der Waals surface area contributed by atoms with Crippen LogP contribution in [0.15, 0.2) is 35.6 Å². The molecule has 0 aromatic carbocycles. The number of halogens is 2. The van der Waals surface area contributed by atoms with Crippen LogP contribution in [-0.2, 0) is 9.53 Å². The summed E-state index contributed by atoms with van der Waals surface area (Å²) < 4.78 is 34.6. The Morgan fingerprint density at radius 2 is 2.07 bits per heavy atom. The second-order valence-electron chi connectivity index (χ2n) is 8.78. The van der Waals surface area contributed by atoms with Gasteiger partial charge in [0.25, 0.3) is 11.8 Å². The van der Waals surface area contributed by atoms with Gasteiger partial charge in [-0.2, -0.15) is 0 Å². The molecule has 2 saturated carbocycles. The van der Waals surface area contributed by atoms with Gasteiger partial charge < -0.3 is 10.1 Å². The van der Waals surface area contributed by atoms with Gasteiger partial charge in [-0.1, -0.05) is 25.5 Å². The maximum Gasteiger partial charge on any atom is 0.278 e. The van der Waals surface area contributed by atoms with E-state index in [0.717, 1.165) is 36.5 Å². The van der Waals surface area contributed by atoms with Crippen molar-refractivity contribution in [1.29, 1.82) is 0 Å². The summed E-state index contributed by atoms with van der Waals surface area (Å²) in [6, 6.07) is -0.313. The van der Waals surface area contributed by atoms with Crippen LogP contribution in [-0.4, -0.2) is 25.0 Å². The van der Waals surface area contributed by atoms with Gasteiger partial charge in [0.05, 0.1) is 18.7 Å². The summed E-state index contributed by atoms with van der Waals surface area (Å²) in [6.45, 7) is 2.31. The molecule has 0 spiro atoms. The Kier molecular flexibility index (Phi) is 4.89. The lowest BCUT2D eigenvalue weighted by Crippen LogP contribution is -2.47. The van der Waals surface area contributed by atoms with Crippen LogP contribution in [0.5, 0.6) is 0 Å². The Hall–Kier alpha value is -1.65. The summed E-state index contributed by atoms with van der Waals surface area (Å²) in [4.78, 5) is 12.3. The summed E-state index contributed by atoms with van der Waals surface area (Å²) in [6.07, 6.45) is 11.6. The summed E-state index contributed by atoms with van der Waals surface area (Å²) in [5, 5.41) is 2.70. The second kappa shape index (κ2) is 7.06. The van der Waals surface area contributed by atoms with Crippen LogP contribution in [0.25, 0.3) is 0 Å². The second-order valence-corrected chi connectivity index (χ2v) is 8.78. The number of methoxy groups -OCH3 is 1. The summed E-state index contributed by atoms with van der Waals surface area (Å²) in [5.41, 5.74) is -0.376. The molecule has 27 heavy (non-hydrogen) atoms. The van der Waals surface area contributed by atoms with Crippen molar-refractivity contribution in [2.45, 2.75) is 57.4 Å². The van der Waals surface area contributed by atoms with Gasteiger partial charge >= 0.3 is 0 Å². The number of hydrogen-bond donors (Lipinski definition) is 1. The number of hydrogen-bond acceptors (Lipinski definition) is 2. The standard InChI is InChI=1S/C22H29F2NO2/c1-13-9-15-10-18(15)17(13)5-3-4-8-22(23,24)19-11-14-6-7-16(27-2)12-20(14)25-21(19)26/h6-7,11-15,17-18,20H,3-5,8-10H2,1-2H3,(H,25,26)/t13?,14?,15?,17-,18?,20?/m0/s1. The smallest absolute Gasteiger partial charge is 0.278 e. The summed E-state index contributed by atoms with van der Waals surface area (Å²) in [5.74, 6) is -0.0605. The number of unbranched alkanes of at least 4 members (excludes halogenated alkanes) is 1. The molecule has 0 radical (unpaired) electrons. The molecular formula is C22H29F2NO2. The first-order chi connectivity index (χ1) is 12.9. The number of amides is 1. The van der Waals surface area contributed by atoms with Gasteiger partial charge in [0.1, 0.15) is 5.76 Å². The summed E-state index contributed by atoms with van der Waals surface area (Å²) >= 11 is 0. The molecule has 4 aliphatic rings. The lowest BCUT2D eigenvalue weighted by Gasteiger charge is -2.32. The van der Waals surface area contributed by atoms with Gasteiger partial charge in [-0.3, -0.25) is 4.79 Å². The van der Waals surface area contributed by atoms with Crippen molar-refractivity contribution in [2.24, 2.45) is 29.6 Å². The van der Waals surface area contributed by atoms with Crippen molar-refractivity contribution < 1.29 is 18.3 Å². The number of fused-ring (bicyclic) bond motifs is 2. The third-order valence-corrected chi connectivity index (χ3v) is 6.98. The first kappa shape index (κ1) is 18.7. The molecule has 5 heteroatoms. The van der Waals surface area contributed by atoms with Crippen molar-refractivity contribution in [1.82, 2.24) is 5.32 Å². The number of rotatable bonds is 7. The molecule has 1 heterocycles. The molecule has 6 atom stereocenters. The van der Waals surface area contributed by atoms with E-state index in [2.05, 4.69) is 12.2 Å². The maximum atomic E-state index is 14.7. The zero-order valence-corrected chi connectivity index (χ0v) is 16.1. The number of nitrogens with one attached hydrogen (secondary N) is 1. The topological polar surface area (TPSA) is 38.3 Å². The van der Waals surface area contributed by atoms with Gasteiger partial charge in [-0.15, -0.1) is 0 Å². The molecule has 0 aromatic heterocycles. The molecule has 148 valence electrons. The van der Waals surface area contributed by atoms with Gasteiger partial charge in [0.2, 0.25) is 0 Å². The molecule has 1 aliphatic heterocycles. The minimum atomic E-state index is -3.07. The molecule has 1 amide bonds.